The van der Waals surface area contributed by atoms with Crippen LogP contribution in [0.3, 0.4) is 0 Å². The normalized spacial score (nSPS) is 12.5. The number of carbonyl (C=O) groups excluding carboxylic acids is 1. The van der Waals surface area contributed by atoms with Crippen LogP contribution in [-0.4, -0.2) is 167 Å². The van der Waals surface area contributed by atoms with E-state index in [1.165, 1.54) is 118 Å². The van der Waals surface area contributed by atoms with Crippen molar-refractivity contribution in [2.75, 3.05) is 47.3 Å². The molecule has 0 radical (unpaired) electrons. The molecule has 0 saturated carbocycles. The SMILES string of the molecule is CC(C)(C)OC(=O)COc1ccc(S(=O)(=O)O)cc1.CC(C)(C)Oc1ccc(S(=O)(=O)O)cc1.CC(OCCOc1c(-c2ccccc2)cccc1-c1ccccc1)Oc1c(F)c(F)c(S(=O)(=O)O)c(F)c1F.CC(OCCOc1c(-c2ccccc2)cccc1-c1ccccc1)Oc1ccc(S(=O)(=O)O)cc1.COC(C)Oc1c(F)c(F)c(S(=O)(=O)O)c(F)c1F.COC(C)Oc1ccc(S(=O)(=O)O)cc1. The van der Waals surface area contributed by atoms with Gasteiger partial charge >= 0.3 is 26.2 Å². The molecular formula is C96H98F8O32S6. The van der Waals surface area contributed by atoms with E-state index in [0.29, 0.717) is 35.4 Å². The Hall–Kier alpha value is -12.8. The number of halogens is 8. The molecule has 0 aliphatic rings. The molecule has 0 fully saturated rings. The minimum atomic E-state index is -5.58. The molecule has 6 N–H and O–H groups in total. The van der Waals surface area contributed by atoms with Gasteiger partial charge in [0.1, 0.15) is 58.9 Å². The molecule has 12 rings (SSSR count). The van der Waals surface area contributed by atoms with Crippen LogP contribution < -0.4 is 37.9 Å². The lowest BCUT2D eigenvalue weighted by molar-refractivity contribution is -0.157. The standard InChI is InChI=1S/C28H22F4O6S.C28H26O6S.C12H16O6S.C10H14O4S.C9H8F4O5S.C9H12O5S/c1-17(38-27-22(29)24(31)28(39(33,34)35)25(32)23(27)30)36-15-16-37-26-20(18-9-4-2-5-10-18)13-8-14-21(26)19-11-6-3-7-12-19;1-21(34-24-15-17-25(18-16-24)35(29,30)31)32-19-20-33-28-26(22-9-4-2-5-10-22)13-8-14-27(28)23-11-6-3-7-12-23;1-12(2,3)18-11(13)8-17-9-4-6-10(7-5-9)19(14,15)16;1-10(2,3)14-8-4-6-9(7-5-8)15(11,12)13;1-3(17-2)18-8-4(10)6(12)9(19(14,15)16)7(13)5(8)11;1-7(13-2)14-8-3-5-9(6-4-8)15(10,11)12/h2-14,17H,15-16H2,1H3,(H,33,34,35);2-18,21H,19-20H2,1H3,(H,29,30,31);4-7H,8H2,1-3H3,(H,14,15,16);4-7H,1-3H3,(H,11,12,13);3H,1-2H3,(H,14,15,16);3-7H,1-2H3,(H,10,11,12). The van der Waals surface area contributed by atoms with Crippen LogP contribution in [0.1, 0.15) is 69.2 Å². The predicted molar refractivity (Wildman–Crippen MR) is 501 cm³/mol. The average Bonchev–Trinajstić information content (AvgIpc) is 0.766. The first-order valence-electron chi connectivity index (χ1n) is 41.5. The van der Waals surface area contributed by atoms with Gasteiger partial charge in [0, 0.05) is 36.5 Å². The molecular weight excluding hydrogens is 2010 g/mol. The summed E-state index contributed by atoms with van der Waals surface area (Å²) in [6, 6.07) is 72.6. The quantitative estimate of drug-likeness (QED) is 0.00545. The van der Waals surface area contributed by atoms with E-state index in [0.717, 1.165) is 57.4 Å². The van der Waals surface area contributed by atoms with Crippen LogP contribution in [0, 0.1) is 46.5 Å². The number of hydrogen-bond donors (Lipinski definition) is 6. The van der Waals surface area contributed by atoms with Crippen molar-refractivity contribution in [2.45, 2.75) is 135 Å². The zero-order valence-corrected chi connectivity index (χ0v) is 82.3. The third-order valence-corrected chi connectivity index (χ3v) is 23.4. The highest BCUT2D eigenvalue weighted by Gasteiger charge is 2.36. The number of hydrogen-bond acceptors (Lipinski definition) is 26. The maximum atomic E-state index is 14.3. The number of carbonyl (C=O) groups is 1. The van der Waals surface area contributed by atoms with Crippen LogP contribution in [0.15, 0.2) is 284 Å². The first kappa shape index (κ1) is 116. The number of benzene rings is 12. The Morgan fingerprint density at radius 2 is 0.535 bits per heavy atom. The molecule has 12 aromatic carbocycles. The van der Waals surface area contributed by atoms with Crippen molar-refractivity contribution in [3.63, 3.8) is 0 Å². The molecule has 0 heterocycles. The first-order chi connectivity index (χ1) is 66.3. The Labute approximate surface area is 815 Å². The lowest BCUT2D eigenvalue weighted by atomic mass is 9.97. The summed E-state index contributed by atoms with van der Waals surface area (Å²) in [5.74, 6) is -18.2. The number of methoxy groups -OCH3 is 2. The number of rotatable bonds is 34. The van der Waals surface area contributed by atoms with Gasteiger partial charge in [-0.15, -0.1) is 0 Å². The van der Waals surface area contributed by atoms with E-state index in [9.17, 15) is 90.4 Å². The fraction of sp³-hybridized carbons (Fsp3) is 0.240. The van der Waals surface area contributed by atoms with Gasteiger partial charge in [0.25, 0.3) is 40.5 Å². The monoisotopic (exact) mass is 2110 g/mol. The molecule has 0 amide bonds. The van der Waals surface area contributed by atoms with Crippen molar-refractivity contribution in [3.05, 3.63) is 301 Å². The van der Waals surface area contributed by atoms with Crippen LogP contribution in [0.2, 0.25) is 0 Å². The van der Waals surface area contributed by atoms with Crippen molar-refractivity contribution in [2.24, 2.45) is 0 Å². The minimum Gasteiger partial charge on any atom is -0.490 e. The van der Waals surface area contributed by atoms with Gasteiger partial charge in [0.2, 0.25) is 23.3 Å². The molecule has 0 aliphatic carbocycles. The average molecular weight is 2110 g/mol. The van der Waals surface area contributed by atoms with E-state index < -0.39 is 165 Å². The smallest absolute Gasteiger partial charge is 0.344 e. The highest BCUT2D eigenvalue weighted by Crippen LogP contribution is 2.42. The van der Waals surface area contributed by atoms with E-state index in [-0.39, 0.29) is 51.6 Å². The molecule has 0 bridgehead atoms. The largest absolute Gasteiger partial charge is 0.490 e. The van der Waals surface area contributed by atoms with E-state index in [1.807, 2.05) is 154 Å². The molecule has 0 aromatic heterocycles. The molecule has 46 heteroatoms. The Bertz CT molecular complexity index is 6760. The van der Waals surface area contributed by atoms with Crippen LogP contribution in [0.4, 0.5) is 35.1 Å². The van der Waals surface area contributed by atoms with Crippen molar-refractivity contribution in [1.82, 2.24) is 0 Å². The highest BCUT2D eigenvalue weighted by atomic mass is 32.2. The van der Waals surface area contributed by atoms with Gasteiger partial charge in [0.15, 0.2) is 76.3 Å². The highest BCUT2D eigenvalue weighted by molar-refractivity contribution is 7.87. The van der Waals surface area contributed by atoms with Crippen molar-refractivity contribution in [1.29, 1.82) is 0 Å². The van der Waals surface area contributed by atoms with Crippen LogP contribution in [0.5, 0.6) is 46.0 Å². The van der Waals surface area contributed by atoms with E-state index >= 15 is 0 Å². The fourth-order valence-electron chi connectivity index (χ4n) is 11.8. The van der Waals surface area contributed by atoms with E-state index in [1.54, 1.807) is 34.6 Å². The van der Waals surface area contributed by atoms with Gasteiger partial charge in [-0.25, -0.2) is 22.4 Å². The topological polar surface area (TPSA) is 463 Å². The number of para-hydroxylation sites is 2. The third kappa shape index (κ3) is 36.3. The van der Waals surface area contributed by atoms with Crippen molar-refractivity contribution in [3.8, 4) is 90.5 Å². The second kappa shape index (κ2) is 51.8. The van der Waals surface area contributed by atoms with Gasteiger partial charge in [-0.1, -0.05) is 158 Å². The van der Waals surface area contributed by atoms with Crippen molar-refractivity contribution < 1.29 is 179 Å². The Balaban J connectivity index is 0.000000242. The minimum absolute atomic E-state index is 0.0350. The van der Waals surface area contributed by atoms with Gasteiger partial charge < -0.3 is 61.6 Å². The third-order valence-electron chi connectivity index (χ3n) is 18.1. The molecule has 0 aliphatic heterocycles. The molecule has 12 aromatic rings. The molecule has 766 valence electrons. The Morgan fingerprint density at radius 1 is 0.282 bits per heavy atom. The fourth-order valence-corrected chi connectivity index (χ4v) is 15.0. The zero-order chi connectivity index (χ0) is 106. The van der Waals surface area contributed by atoms with Crippen LogP contribution in [-0.2, 0) is 89.2 Å². The lowest BCUT2D eigenvalue weighted by Crippen LogP contribution is -2.27. The zero-order valence-electron chi connectivity index (χ0n) is 77.4. The van der Waals surface area contributed by atoms with Crippen LogP contribution >= 0.6 is 0 Å². The summed E-state index contributed by atoms with van der Waals surface area (Å²) in [7, 11) is -25.2. The summed E-state index contributed by atoms with van der Waals surface area (Å²) in [5.41, 5.74) is 6.64. The lowest BCUT2D eigenvalue weighted by Gasteiger charge is -2.21. The predicted octanol–water partition coefficient (Wildman–Crippen LogP) is 19.7. The van der Waals surface area contributed by atoms with E-state index in [2.05, 4.69) is 33.7 Å². The summed E-state index contributed by atoms with van der Waals surface area (Å²) < 4.78 is 362. The van der Waals surface area contributed by atoms with Crippen molar-refractivity contribution >= 4 is 66.7 Å². The maximum Gasteiger partial charge on any atom is 0.344 e. The molecule has 4 atom stereocenters. The van der Waals surface area contributed by atoms with Gasteiger partial charge in [-0.2, -0.15) is 68.1 Å². The molecule has 0 spiro atoms. The molecule has 4 unspecified atom stereocenters. The maximum absolute atomic E-state index is 14.3. The molecule has 32 nitrogen and oxygen atoms in total. The van der Waals surface area contributed by atoms with Crippen LogP contribution in [0.25, 0.3) is 44.5 Å². The Kier molecular flexibility index (Phi) is 42.4. The number of esters is 1. The summed E-state index contributed by atoms with van der Waals surface area (Å²) in [5, 5.41) is 0. The molecule has 0 saturated heterocycles. The second-order valence-electron chi connectivity index (χ2n) is 31.1. The molecule has 142 heavy (non-hydrogen) atoms. The Morgan fingerprint density at radius 3 is 0.796 bits per heavy atom. The number of ether oxygens (including phenoxy) is 13. The van der Waals surface area contributed by atoms with Gasteiger partial charge in [0.05, 0.1) is 32.8 Å². The second-order valence-corrected chi connectivity index (χ2v) is 39.5. The first-order valence-corrected chi connectivity index (χ1v) is 50.1. The van der Waals surface area contributed by atoms with Gasteiger partial charge in [-0.05, 0) is 189 Å². The summed E-state index contributed by atoms with van der Waals surface area (Å²) in [4.78, 5) is 6.36. The summed E-state index contributed by atoms with van der Waals surface area (Å²) >= 11 is 0. The van der Waals surface area contributed by atoms with Gasteiger partial charge in [-0.3, -0.25) is 27.3 Å². The summed E-state index contributed by atoms with van der Waals surface area (Å²) in [6.07, 6.45) is -3.68. The summed E-state index contributed by atoms with van der Waals surface area (Å²) in [6.45, 7) is 16.8. The van der Waals surface area contributed by atoms with E-state index in [4.69, 9.17) is 79.4 Å².